The minimum Gasteiger partial charge on any atom is -0.325 e. The third kappa shape index (κ3) is 4.63. The number of aryl methyl sites for hydroxylation is 1. The number of amides is 1. The highest BCUT2D eigenvalue weighted by atomic mass is 32.2. The number of thioether (sulfide) groups is 1. The Labute approximate surface area is 184 Å². The molecule has 0 unspecified atom stereocenters. The summed E-state index contributed by atoms with van der Waals surface area (Å²) < 4.78 is 2.08. The molecule has 1 amide bonds. The summed E-state index contributed by atoms with van der Waals surface area (Å²) in [5, 5.41) is 14.6. The van der Waals surface area contributed by atoms with Crippen LogP contribution in [0.25, 0.3) is 10.7 Å². The predicted molar refractivity (Wildman–Crippen MR) is 124 cm³/mol. The lowest BCUT2D eigenvalue weighted by Gasteiger charge is -2.11. The predicted octanol–water partition coefficient (Wildman–Crippen LogP) is 5.40. The highest BCUT2D eigenvalue weighted by molar-refractivity contribution is 7.99. The Hall–Kier alpha value is -2.90. The summed E-state index contributed by atoms with van der Waals surface area (Å²) in [6.07, 6.45) is 0. The van der Waals surface area contributed by atoms with E-state index in [0.717, 1.165) is 38.2 Å². The zero-order chi connectivity index (χ0) is 20.9. The van der Waals surface area contributed by atoms with Gasteiger partial charge in [0, 0.05) is 5.69 Å². The maximum absolute atomic E-state index is 12.6. The molecule has 4 rings (SSSR count). The number of hydrogen-bond acceptors (Lipinski definition) is 5. The van der Waals surface area contributed by atoms with E-state index in [-0.39, 0.29) is 11.7 Å². The number of rotatable bonds is 7. The van der Waals surface area contributed by atoms with Gasteiger partial charge in [-0.1, -0.05) is 60.3 Å². The van der Waals surface area contributed by atoms with Gasteiger partial charge in [0.15, 0.2) is 11.0 Å². The number of anilines is 1. The molecule has 30 heavy (non-hydrogen) atoms. The Morgan fingerprint density at radius 2 is 1.87 bits per heavy atom. The number of aromatic nitrogens is 3. The van der Waals surface area contributed by atoms with Crippen molar-refractivity contribution in [1.82, 2.24) is 14.8 Å². The average Bonchev–Trinajstić information content (AvgIpc) is 3.41. The average molecular weight is 435 g/mol. The van der Waals surface area contributed by atoms with Gasteiger partial charge in [0.2, 0.25) is 5.91 Å². The van der Waals surface area contributed by atoms with Gasteiger partial charge in [0.25, 0.3) is 0 Å². The summed E-state index contributed by atoms with van der Waals surface area (Å²) in [7, 11) is 0. The first-order valence-electron chi connectivity index (χ1n) is 9.61. The number of thiophene rings is 1. The normalized spacial score (nSPS) is 10.9. The van der Waals surface area contributed by atoms with Gasteiger partial charge >= 0.3 is 0 Å². The van der Waals surface area contributed by atoms with E-state index in [1.54, 1.807) is 11.3 Å². The second-order valence-electron chi connectivity index (χ2n) is 6.94. The maximum Gasteiger partial charge on any atom is 0.234 e. The Bertz CT molecular complexity index is 1140. The van der Waals surface area contributed by atoms with E-state index in [2.05, 4.69) is 32.2 Å². The molecule has 0 radical (unpaired) electrons. The first kappa shape index (κ1) is 20.4. The molecule has 0 aliphatic carbocycles. The van der Waals surface area contributed by atoms with Crippen molar-refractivity contribution < 1.29 is 4.79 Å². The van der Waals surface area contributed by atoms with E-state index >= 15 is 0 Å². The van der Waals surface area contributed by atoms with Gasteiger partial charge in [-0.3, -0.25) is 9.36 Å². The molecule has 0 atom stereocenters. The minimum atomic E-state index is -0.0550. The quantitative estimate of drug-likeness (QED) is 0.396. The third-order valence-electron chi connectivity index (χ3n) is 4.85. The first-order valence-corrected chi connectivity index (χ1v) is 11.5. The van der Waals surface area contributed by atoms with E-state index in [9.17, 15) is 4.79 Å². The fourth-order valence-electron chi connectivity index (χ4n) is 3.09. The summed E-state index contributed by atoms with van der Waals surface area (Å²) in [5.74, 6) is 1.04. The van der Waals surface area contributed by atoms with Crippen LogP contribution in [0.1, 0.15) is 16.7 Å². The van der Waals surface area contributed by atoms with Crippen LogP contribution in [-0.4, -0.2) is 26.4 Å². The molecule has 0 saturated carbocycles. The molecule has 5 nitrogen and oxygen atoms in total. The third-order valence-corrected chi connectivity index (χ3v) is 6.69. The number of hydrogen-bond donors (Lipinski definition) is 1. The molecule has 1 N–H and O–H groups in total. The smallest absolute Gasteiger partial charge is 0.234 e. The minimum absolute atomic E-state index is 0.0550. The van der Waals surface area contributed by atoms with Crippen molar-refractivity contribution in [3.63, 3.8) is 0 Å². The van der Waals surface area contributed by atoms with Crippen molar-refractivity contribution >= 4 is 34.7 Å². The molecule has 0 fully saturated rings. The fourth-order valence-corrected chi connectivity index (χ4v) is 4.55. The Morgan fingerprint density at radius 1 is 1.03 bits per heavy atom. The molecule has 0 saturated heterocycles. The molecule has 2 aromatic heterocycles. The van der Waals surface area contributed by atoms with Crippen molar-refractivity contribution in [3.8, 4) is 10.7 Å². The van der Waals surface area contributed by atoms with Crippen LogP contribution in [0, 0.1) is 13.8 Å². The Morgan fingerprint density at radius 3 is 2.63 bits per heavy atom. The van der Waals surface area contributed by atoms with Gasteiger partial charge in [0.05, 0.1) is 17.2 Å². The second kappa shape index (κ2) is 9.28. The van der Waals surface area contributed by atoms with Crippen molar-refractivity contribution in [2.45, 2.75) is 25.5 Å². The summed E-state index contributed by atoms with van der Waals surface area (Å²) in [6, 6.07) is 20.2. The highest BCUT2D eigenvalue weighted by Gasteiger charge is 2.17. The molecule has 152 valence electrons. The van der Waals surface area contributed by atoms with Crippen molar-refractivity contribution in [2.75, 3.05) is 11.1 Å². The van der Waals surface area contributed by atoms with Gasteiger partial charge in [-0.25, -0.2) is 0 Å². The number of nitrogens with zero attached hydrogens (tertiary/aromatic N) is 3. The topological polar surface area (TPSA) is 59.8 Å². The summed E-state index contributed by atoms with van der Waals surface area (Å²) in [6.45, 7) is 4.71. The lowest BCUT2D eigenvalue weighted by atomic mass is 10.1. The lowest BCUT2D eigenvalue weighted by Crippen LogP contribution is -2.15. The van der Waals surface area contributed by atoms with E-state index in [4.69, 9.17) is 0 Å². The van der Waals surface area contributed by atoms with Crippen LogP contribution in [-0.2, 0) is 11.3 Å². The monoisotopic (exact) mass is 434 g/mol. The first-order chi connectivity index (χ1) is 14.6. The molecule has 2 aromatic carbocycles. The Balaban J connectivity index is 1.52. The number of carbonyl (C=O) groups is 1. The van der Waals surface area contributed by atoms with Crippen LogP contribution in [0.4, 0.5) is 5.69 Å². The molecule has 0 bridgehead atoms. The molecular formula is C23H22N4OS2. The van der Waals surface area contributed by atoms with E-state index in [0.29, 0.717) is 6.54 Å². The molecular weight excluding hydrogens is 412 g/mol. The fraction of sp³-hybridized carbons (Fsp3) is 0.174. The zero-order valence-corrected chi connectivity index (χ0v) is 18.5. The standard InChI is InChI=1S/C23H22N4OS2/c1-16-8-6-11-19(17(16)2)24-21(28)15-30-23-26-25-22(20-12-7-13-29-20)27(23)14-18-9-4-3-5-10-18/h3-13H,14-15H2,1-2H3,(H,24,28). The van der Waals surface area contributed by atoms with Gasteiger partial charge < -0.3 is 5.32 Å². The zero-order valence-electron chi connectivity index (χ0n) is 16.8. The molecule has 7 heteroatoms. The lowest BCUT2D eigenvalue weighted by molar-refractivity contribution is -0.113. The van der Waals surface area contributed by atoms with Gasteiger partial charge in [0.1, 0.15) is 0 Å². The SMILES string of the molecule is Cc1cccc(NC(=O)CSc2nnc(-c3cccs3)n2Cc2ccccc2)c1C. The Kier molecular flexibility index (Phi) is 6.30. The largest absolute Gasteiger partial charge is 0.325 e. The maximum atomic E-state index is 12.6. The number of carbonyl (C=O) groups excluding carboxylic acids is 1. The van der Waals surface area contributed by atoms with Gasteiger partial charge in [-0.2, -0.15) is 0 Å². The molecule has 0 spiro atoms. The number of nitrogens with one attached hydrogen (secondary N) is 1. The number of benzene rings is 2. The van der Waals surface area contributed by atoms with Crippen LogP contribution in [0.3, 0.4) is 0 Å². The summed E-state index contributed by atoms with van der Waals surface area (Å²) >= 11 is 3.04. The van der Waals surface area contributed by atoms with E-state index in [1.165, 1.54) is 11.8 Å². The molecule has 0 aliphatic heterocycles. The van der Waals surface area contributed by atoms with Crippen LogP contribution in [0.2, 0.25) is 0 Å². The molecule has 2 heterocycles. The van der Waals surface area contributed by atoms with Crippen molar-refractivity contribution in [3.05, 3.63) is 82.7 Å². The molecule has 4 aromatic rings. The molecule has 0 aliphatic rings. The van der Waals surface area contributed by atoms with E-state index in [1.807, 2.05) is 67.8 Å². The second-order valence-corrected chi connectivity index (χ2v) is 8.83. The summed E-state index contributed by atoms with van der Waals surface area (Å²) in [4.78, 5) is 13.6. The van der Waals surface area contributed by atoms with Crippen molar-refractivity contribution in [2.24, 2.45) is 0 Å². The van der Waals surface area contributed by atoms with Gasteiger partial charge in [-0.05, 0) is 48.1 Å². The van der Waals surface area contributed by atoms with Crippen LogP contribution in [0.5, 0.6) is 0 Å². The van der Waals surface area contributed by atoms with Gasteiger partial charge in [-0.15, -0.1) is 21.5 Å². The van der Waals surface area contributed by atoms with E-state index < -0.39 is 0 Å². The van der Waals surface area contributed by atoms with Crippen molar-refractivity contribution in [1.29, 1.82) is 0 Å². The highest BCUT2D eigenvalue weighted by Crippen LogP contribution is 2.28. The van der Waals surface area contributed by atoms with Crippen LogP contribution >= 0.6 is 23.1 Å². The van der Waals surface area contributed by atoms with Crippen LogP contribution in [0.15, 0.2) is 71.2 Å². The van der Waals surface area contributed by atoms with Crippen LogP contribution < -0.4 is 5.32 Å². The summed E-state index contributed by atoms with van der Waals surface area (Å²) in [5.41, 5.74) is 4.26.